The van der Waals surface area contributed by atoms with Crippen LogP contribution in [0.4, 0.5) is 0 Å². The van der Waals surface area contributed by atoms with E-state index in [1.807, 2.05) is 16.3 Å². The summed E-state index contributed by atoms with van der Waals surface area (Å²) in [6.07, 6.45) is 2.28. The summed E-state index contributed by atoms with van der Waals surface area (Å²) in [5.41, 5.74) is 0. The largest absolute Gasteiger partial charge is 0.354 e. The summed E-state index contributed by atoms with van der Waals surface area (Å²) in [4.78, 5) is 11.9. The average Bonchev–Trinajstić information content (AvgIpc) is 2.88. The molecule has 1 aromatic rings. The maximum atomic E-state index is 11.9. The molecule has 1 unspecified atom stereocenters. The van der Waals surface area contributed by atoms with E-state index in [0.717, 1.165) is 30.4 Å². The van der Waals surface area contributed by atoms with Gasteiger partial charge in [-0.2, -0.15) is 11.8 Å². The Hall–Kier alpha value is -1.08. The molecular weight excluding hydrogens is 274 g/mol. The molecule has 1 aromatic heterocycles. The van der Waals surface area contributed by atoms with Crippen molar-refractivity contribution >= 4 is 17.7 Å². The second-order valence-electron chi connectivity index (χ2n) is 5.32. The van der Waals surface area contributed by atoms with Gasteiger partial charge in [0.15, 0.2) is 0 Å². The van der Waals surface area contributed by atoms with E-state index in [-0.39, 0.29) is 5.91 Å². The Kier molecular flexibility index (Phi) is 5.85. The molecule has 0 saturated carbocycles. The fourth-order valence-corrected chi connectivity index (χ4v) is 3.19. The van der Waals surface area contributed by atoms with E-state index >= 15 is 0 Å². The molecule has 2 heterocycles. The lowest BCUT2D eigenvalue weighted by atomic mass is 10.2. The Morgan fingerprint density at radius 2 is 2.50 bits per heavy atom. The fraction of sp³-hybridized carbons (Fsp3) is 0.769. The fourth-order valence-electron chi connectivity index (χ4n) is 2.25. The molecule has 7 heteroatoms. The van der Waals surface area contributed by atoms with Crippen molar-refractivity contribution in [3.8, 4) is 0 Å². The minimum Gasteiger partial charge on any atom is -0.354 e. The molecule has 1 fully saturated rings. The quantitative estimate of drug-likeness (QED) is 0.805. The molecule has 20 heavy (non-hydrogen) atoms. The Morgan fingerprint density at radius 3 is 3.20 bits per heavy atom. The Labute approximate surface area is 124 Å². The molecule has 0 aliphatic carbocycles. The smallest absolute Gasteiger partial charge is 0.221 e. The molecule has 1 amide bonds. The Morgan fingerprint density at radius 1 is 1.65 bits per heavy atom. The standard InChI is InChI=1S/C13H23N5OS/c1-10(2)13-17-16-9-18(13)5-3-15-12(19)7-11-8-20-6-4-14-11/h9-11,14H,3-8H2,1-2H3,(H,15,19). The summed E-state index contributed by atoms with van der Waals surface area (Å²) in [6.45, 7) is 6.52. The number of thioether (sulfide) groups is 1. The van der Waals surface area contributed by atoms with Crippen molar-refractivity contribution in [2.45, 2.75) is 38.8 Å². The Balaban J connectivity index is 1.69. The number of nitrogens with one attached hydrogen (secondary N) is 2. The zero-order valence-electron chi connectivity index (χ0n) is 12.1. The highest BCUT2D eigenvalue weighted by Gasteiger charge is 2.16. The van der Waals surface area contributed by atoms with Gasteiger partial charge >= 0.3 is 0 Å². The maximum absolute atomic E-state index is 11.9. The lowest BCUT2D eigenvalue weighted by molar-refractivity contribution is -0.121. The summed E-state index contributed by atoms with van der Waals surface area (Å²) in [7, 11) is 0. The summed E-state index contributed by atoms with van der Waals surface area (Å²) in [5.74, 6) is 3.59. The zero-order valence-corrected chi connectivity index (χ0v) is 12.9. The van der Waals surface area contributed by atoms with Gasteiger partial charge in [-0.05, 0) is 0 Å². The molecule has 6 nitrogen and oxygen atoms in total. The van der Waals surface area contributed by atoms with Crippen LogP contribution >= 0.6 is 11.8 Å². The zero-order chi connectivity index (χ0) is 14.4. The second kappa shape index (κ2) is 7.64. The SMILES string of the molecule is CC(C)c1nncn1CCNC(=O)CC1CSCCN1. The first-order valence-electron chi connectivity index (χ1n) is 7.12. The number of amides is 1. The number of aromatic nitrogens is 3. The van der Waals surface area contributed by atoms with Crippen molar-refractivity contribution in [1.29, 1.82) is 0 Å². The first-order valence-corrected chi connectivity index (χ1v) is 8.28. The third-order valence-electron chi connectivity index (χ3n) is 3.27. The van der Waals surface area contributed by atoms with Gasteiger partial charge in [0.25, 0.3) is 0 Å². The number of nitrogens with zero attached hydrogens (tertiary/aromatic N) is 3. The molecule has 1 aliphatic heterocycles. The minimum atomic E-state index is 0.115. The first-order chi connectivity index (χ1) is 9.66. The Bertz CT molecular complexity index is 428. The van der Waals surface area contributed by atoms with Crippen LogP contribution in [0, 0.1) is 0 Å². The number of hydrogen-bond acceptors (Lipinski definition) is 5. The molecule has 0 bridgehead atoms. The van der Waals surface area contributed by atoms with E-state index < -0.39 is 0 Å². The number of carbonyl (C=O) groups excluding carboxylic acids is 1. The summed E-state index contributed by atoms with van der Waals surface area (Å²) in [5, 5.41) is 14.4. The van der Waals surface area contributed by atoms with Gasteiger partial charge < -0.3 is 15.2 Å². The van der Waals surface area contributed by atoms with Crippen LogP contribution in [0.3, 0.4) is 0 Å². The van der Waals surface area contributed by atoms with Crippen molar-refractivity contribution < 1.29 is 4.79 Å². The van der Waals surface area contributed by atoms with Crippen LogP contribution < -0.4 is 10.6 Å². The third-order valence-corrected chi connectivity index (χ3v) is 4.40. The van der Waals surface area contributed by atoms with Crippen LogP contribution in [0.25, 0.3) is 0 Å². The van der Waals surface area contributed by atoms with Crippen molar-refractivity contribution in [2.24, 2.45) is 0 Å². The van der Waals surface area contributed by atoms with Gasteiger partial charge in [-0.3, -0.25) is 4.79 Å². The molecule has 0 radical (unpaired) electrons. The van der Waals surface area contributed by atoms with E-state index in [1.54, 1.807) is 6.33 Å². The molecule has 1 aliphatic rings. The predicted molar refractivity (Wildman–Crippen MR) is 80.9 cm³/mol. The normalized spacial score (nSPS) is 19.2. The highest BCUT2D eigenvalue weighted by Crippen LogP contribution is 2.11. The molecule has 2 rings (SSSR count). The van der Waals surface area contributed by atoms with Gasteiger partial charge in [0, 0.05) is 49.5 Å². The lowest BCUT2D eigenvalue weighted by Gasteiger charge is -2.22. The van der Waals surface area contributed by atoms with Gasteiger partial charge in [-0.1, -0.05) is 13.8 Å². The van der Waals surface area contributed by atoms with E-state index in [1.165, 1.54) is 0 Å². The summed E-state index contributed by atoms with van der Waals surface area (Å²) >= 11 is 1.91. The highest BCUT2D eigenvalue weighted by molar-refractivity contribution is 7.99. The monoisotopic (exact) mass is 297 g/mol. The third kappa shape index (κ3) is 4.49. The van der Waals surface area contributed by atoms with Crippen LogP contribution in [0.1, 0.15) is 32.0 Å². The van der Waals surface area contributed by atoms with E-state index in [4.69, 9.17) is 0 Å². The molecule has 112 valence electrons. The predicted octanol–water partition coefficient (Wildman–Crippen LogP) is 0.613. The summed E-state index contributed by atoms with van der Waals surface area (Å²) < 4.78 is 2.00. The lowest BCUT2D eigenvalue weighted by Crippen LogP contribution is -2.41. The van der Waals surface area contributed by atoms with Crippen LogP contribution in [-0.2, 0) is 11.3 Å². The van der Waals surface area contributed by atoms with E-state index in [2.05, 4.69) is 34.7 Å². The maximum Gasteiger partial charge on any atom is 0.221 e. The number of carbonyl (C=O) groups is 1. The van der Waals surface area contributed by atoms with Gasteiger partial charge in [0.1, 0.15) is 12.2 Å². The van der Waals surface area contributed by atoms with E-state index in [0.29, 0.717) is 24.9 Å². The van der Waals surface area contributed by atoms with Crippen LogP contribution in [0.5, 0.6) is 0 Å². The van der Waals surface area contributed by atoms with Crippen molar-refractivity contribution in [2.75, 3.05) is 24.6 Å². The molecule has 0 aromatic carbocycles. The van der Waals surface area contributed by atoms with Crippen molar-refractivity contribution in [1.82, 2.24) is 25.4 Å². The molecular formula is C13H23N5OS. The molecule has 0 spiro atoms. The van der Waals surface area contributed by atoms with Crippen molar-refractivity contribution in [3.63, 3.8) is 0 Å². The average molecular weight is 297 g/mol. The van der Waals surface area contributed by atoms with Crippen LogP contribution in [0.15, 0.2) is 6.33 Å². The van der Waals surface area contributed by atoms with Crippen molar-refractivity contribution in [3.05, 3.63) is 12.2 Å². The van der Waals surface area contributed by atoms with Gasteiger partial charge in [0.2, 0.25) is 5.91 Å². The van der Waals surface area contributed by atoms with Gasteiger partial charge in [0.05, 0.1) is 0 Å². The molecule has 1 saturated heterocycles. The van der Waals surface area contributed by atoms with Crippen LogP contribution in [0.2, 0.25) is 0 Å². The van der Waals surface area contributed by atoms with Gasteiger partial charge in [-0.15, -0.1) is 10.2 Å². The number of rotatable bonds is 6. The topological polar surface area (TPSA) is 71.8 Å². The molecule has 1 atom stereocenters. The number of hydrogen-bond donors (Lipinski definition) is 2. The second-order valence-corrected chi connectivity index (χ2v) is 6.47. The minimum absolute atomic E-state index is 0.115. The highest BCUT2D eigenvalue weighted by atomic mass is 32.2. The first kappa shape index (κ1) is 15.3. The van der Waals surface area contributed by atoms with Crippen LogP contribution in [-0.4, -0.2) is 51.3 Å². The summed E-state index contributed by atoms with van der Waals surface area (Å²) in [6, 6.07) is 0.315. The van der Waals surface area contributed by atoms with Gasteiger partial charge in [-0.25, -0.2) is 0 Å². The molecule has 2 N–H and O–H groups in total. The van der Waals surface area contributed by atoms with E-state index in [9.17, 15) is 4.79 Å².